The van der Waals surface area contributed by atoms with Crippen molar-refractivity contribution in [2.45, 2.75) is 66.0 Å². The molecule has 27 heavy (non-hydrogen) atoms. The van der Waals surface area contributed by atoms with Crippen LogP contribution in [0.5, 0.6) is 5.75 Å². The van der Waals surface area contributed by atoms with Gasteiger partial charge in [-0.15, -0.1) is 0 Å². The molecule has 1 heterocycles. The number of benzene rings is 1. The van der Waals surface area contributed by atoms with Gasteiger partial charge in [-0.05, 0) is 43.9 Å². The van der Waals surface area contributed by atoms with Gasteiger partial charge in [-0.25, -0.2) is 4.79 Å². The van der Waals surface area contributed by atoms with Gasteiger partial charge >= 0.3 is 5.97 Å². The number of hydrogen-bond donors (Lipinski definition) is 0. The van der Waals surface area contributed by atoms with Gasteiger partial charge in [0.2, 0.25) is 0 Å². The quantitative estimate of drug-likeness (QED) is 0.511. The van der Waals surface area contributed by atoms with Crippen LogP contribution in [-0.4, -0.2) is 36.4 Å². The number of hydrogen-bond acceptors (Lipinski definition) is 5. The van der Waals surface area contributed by atoms with Crippen molar-refractivity contribution in [2.75, 3.05) is 11.5 Å². The fraction of sp³-hybridized carbons (Fsp3) is 0.571. The number of nitrogens with zero attached hydrogens (tertiary/aromatic N) is 1. The number of carbonyl (C=O) groups excluding carboxylic acids is 3. The van der Waals surface area contributed by atoms with E-state index in [1.165, 1.54) is 4.90 Å². The Balaban J connectivity index is 2.55. The van der Waals surface area contributed by atoms with Crippen molar-refractivity contribution in [3.8, 4) is 5.75 Å². The first-order valence-electron chi connectivity index (χ1n) is 9.69. The highest BCUT2D eigenvalue weighted by Crippen LogP contribution is 2.38. The second-order valence-electron chi connectivity index (χ2n) is 7.02. The zero-order chi connectivity index (χ0) is 20.1. The number of Topliss-reactive ketones (excluding diaryl/α,β-unsaturated/α-hetero) is 1. The number of esters is 1. The lowest BCUT2D eigenvalue weighted by Gasteiger charge is -2.39. The van der Waals surface area contributed by atoms with E-state index < -0.39 is 18.1 Å². The normalized spacial score (nSPS) is 17.3. The Hall–Kier alpha value is -2.37. The molecule has 1 aliphatic rings. The van der Waals surface area contributed by atoms with Crippen molar-refractivity contribution in [1.82, 2.24) is 0 Å². The van der Waals surface area contributed by atoms with E-state index in [1.54, 1.807) is 25.1 Å². The lowest BCUT2D eigenvalue weighted by atomic mass is 9.98. The summed E-state index contributed by atoms with van der Waals surface area (Å²) in [6.07, 6.45) is 0.891. The average molecular weight is 375 g/mol. The number of rotatable bonds is 8. The van der Waals surface area contributed by atoms with Crippen LogP contribution < -0.4 is 9.64 Å². The zero-order valence-corrected chi connectivity index (χ0v) is 16.8. The highest BCUT2D eigenvalue weighted by molar-refractivity contribution is 6.06. The van der Waals surface area contributed by atoms with Crippen LogP contribution in [0.3, 0.4) is 0 Å². The SMILES string of the molecule is CCCC(=O)c1ccc2c(c1)N(C(CC)C(=O)OCC)C(=O)C(C(C)C)O2. The third-order valence-corrected chi connectivity index (χ3v) is 4.61. The van der Waals surface area contributed by atoms with Crippen molar-refractivity contribution in [2.24, 2.45) is 5.92 Å². The molecule has 0 spiro atoms. The molecule has 6 nitrogen and oxygen atoms in total. The minimum Gasteiger partial charge on any atom is -0.478 e. The predicted molar refractivity (Wildman–Crippen MR) is 103 cm³/mol. The summed E-state index contributed by atoms with van der Waals surface area (Å²) in [5.41, 5.74) is 0.970. The summed E-state index contributed by atoms with van der Waals surface area (Å²) in [5.74, 6) is -0.285. The molecule has 1 aliphatic heterocycles. The average Bonchev–Trinajstić information content (AvgIpc) is 2.63. The molecule has 2 rings (SSSR count). The summed E-state index contributed by atoms with van der Waals surface area (Å²) in [5, 5.41) is 0. The van der Waals surface area contributed by atoms with Crippen LogP contribution in [0, 0.1) is 5.92 Å². The summed E-state index contributed by atoms with van der Waals surface area (Å²) >= 11 is 0. The smallest absolute Gasteiger partial charge is 0.329 e. The lowest BCUT2D eigenvalue weighted by molar-refractivity contribution is -0.147. The number of ether oxygens (including phenoxy) is 2. The number of ketones is 1. The van der Waals surface area contributed by atoms with Crippen LogP contribution >= 0.6 is 0 Å². The molecule has 1 amide bonds. The van der Waals surface area contributed by atoms with Crippen molar-refractivity contribution >= 4 is 23.3 Å². The standard InChI is InChI=1S/C21H29NO5/c1-6-9-17(23)14-10-11-18-16(12-14)22(15(7-2)21(25)26-8-3)20(24)19(27-18)13(4)5/h10-13,15,19H,6-9H2,1-5H3. The van der Waals surface area contributed by atoms with Gasteiger partial charge < -0.3 is 9.47 Å². The summed E-state index contributed by atoms with van der Waals surface area (Å²) in [4.78, 5) is 39.5. The summed E-state index contributed by atoms with van der Waals surface area (Å²) in [6, 6.07) is 4.33. The summed E-state index contributed by atoms with van der Waals surface area (Å²) in [6.45, 7) is 9.55. The molecule has 148 valence electrons. The van der Waals surface area contributed by atoms with E-state index in [4.69, 9.17) is 9.47 Å². The van der Waals surface area contributed by atoms with Crippen molar-refractivity contribution < 1.29 is 23.9 Å². The Labute approximate surface area is 160 Å². The maximum atomic E-state index is 13.2. The fourth-order valence-electron chi connectivity index (χ4n) is 3.23. The Morgan fingerprint density at radius 2 is 1.93 bits per heavy atom. The van der Waals surface area contributed by atoms with E-state index in [1.807, 2.05) is 27.7 Å². The molecule has 2 atom stereocenters. The summed E-state index contributed by atoms with van der Waals surface area (Å²) in [7, 11) is 0. The van der Waals surface area contributed by atoms with Gasteiger partial charge in [0.15, 0.2) is 11.9 Å². The molecule has 0 aromatic heterocycles. The number of carbonyl (C=O) groups is 3. The van der Waals surface area contributed by atoms with Gasteiger partial charge in [-0.3, -0.25) is 14.5 Å². The minimum atomic E-state index is -0.752. The van der Waals surface area contributed by atoms with Gasteiger partial charge in [0.05, 0.1) is 12.3 Å². The largest absolute Gasteiger partial charge is 0.478 e. The third kappa shape index (κ3) is 4.31. The van der Waals surface area contributed by atoms with E-state index in [9.17, 15) is 14.4 Å². The molecule has 2 unspecified atom stereocenters. The van der Waals surface area contributed by atoms with E-state index in [0.717, 1.165) is 6.42 Å². The molecular weight excluding hydrogens is 346 g/mol. The molecule has 0 radical (unpaired) electrons. The highest BCUT2D eigenvalue weighted by atomic mass is 16.5. The number of anilines is 1. The Morgan fingerprint density at radius 3 is 2.48 bits per heavy atom. The maximum absolute atomic E-state index is 13.2. The van der Waals surface area contributed by atoms with E-state index in [0.29, 0.717) is 29.8 Å². The minimum absolute atomic E-state index is 0.00265. The first kappa shape index (κ1) is 20.9. The molecule has 0 fully saturated rings. The molecule has 0 N–H and O–H groups in total. The van der Waals surface area contributed by atoms with E-state index in [2.05, 4.69) is 0 Å². The van der Waals surface area contributed by atoms with E-state index >= 15 is 0 Å². The van der Waals surface area contributed by atoms with Crippen molar-refractivity contribution in [1.29, 1.82) is 0 Å². The van der Waals surface area contributed by atoms with Crippen LogP contribution in [-0.2, 0) is 14.3 Å². The second kappa shape index (κ2) is 9.02. The molecule has 6 heteroatoms. The van der Waals surface area contributed by atoms with Crippen LogP contribution in [0.2, 0.25) is 0 Å². The monoisotopic (exact) mass is 375 g/mol. The van der Waals surface area contributed by atoms with Gasteiger partial charge in [0, 0.05) is 12.0 Å². The first-order valence-corrected chi connectivity index (χ1v) is 9.69. The molecule has 1 aromatic rings. The topological polar surface area (TPSA) is 72.9 Å². The van der Waals surface area contributed by atoms with Crippen LogP contribution in [0.1, 0.15) is 64.2 Å². The number of fused-ring (bicyclic) bond motifs is 1. The molecular formula is C21H29NO5. The molecule has 1 aromatic carbocycles. The second-order valence-corrected chi connectivity index (χ2v) is 7.02. The Kier molecular flexibility index (Phi) is 6.99. The zero-order valence-electron chi connectivity index (χ0n) is 16.8. The van der Waals surface area contributed by atoms with Crippen LogP contribution in [0.4, 0.5) is 5.69 Å². The van der Waals surface area contributed by atoms with Crippen molar-refractivity contribution in [3.63, 3.8) is 0 Å². The molecule has 0 saturated carbocycles. The molecule has 0 aliphatic carbocycles. The van der Waals surface area contributed by atoms with Gasteiger partial charge in [-0.1, -0.05) is 27.7 Å². The first-order chi connectivity index (χ1) is 12.8. The molecule has 0 saturated heterocycles. The maximum Gasteiger partial charge on any atom is 0.329 e. The predicted octanol–water partition coefficient (Wildman–Crippen LogP) is 3.76. The summed E-state index contributed by atoms with van der Waals surface area (Å²) < 4.78 is 11.1. The van der Waals surface area contributed by atoms with Gasteiger partial charge in [0.25, 0.3) is 5.91 Å². The lowest BCUT2D eigenvalue weighted by Crippen LogP contribution is -2.55. The third-order valence-electron chi connectivity index (χ3n) is 4.61. The Bertz CT molecular complexity index is 713. The van der Waals surface area contributed by atoms with Crippen LogP contribution in [0.25, 0.3) is 0 Å². The van der Waals surface area contributed by atoms with Crippen molar-refractivity contribution in [3.05, 3.63) is 23.8 Å². The Morgan fingerprint density at radius 1 is 1.22 bits per heavy atom. The number of amides is 1. The highest BCUT2D eigenvalue weighted by Gasteiger charge is 2.42. The van der Waals surface area contributed by atoms with Gasteiger partial charge in [0.1, 0.15) is 11.8 Å². The fourth-order valence-corrected chi connectivity index (χ4v) is 3.23. The van der Waals surface area contributed by atoms with E-state index in [-0.39, 0.29) is 24.2 Å². The van der Waals surface area contributed by atoms with Gasteiger partial charge in [-0.2, -0.15) is 0 Å². The molecule has 0 bridgehead atoms. The van der Waals surface area contributed by atoms with Crippen LogP contribution in [0.15, 0.2) is 18.2 Å².